The van der Waals surface area contributed by atoms with Crippen molar-refractivity contribution in [2.45, 2.75) is 6.54 Å². The fourth-order valence-electron chi connectivity index (χ4n) is 4.04. The van der Waals surface area contributed by atoms with Crippen LogP contribution in [0.5, 0.6) is 28.9 Å². The molecule has 176 valence electrons. The summed E-state index contributed by atoms with van der Waals surface area (Å²) in [6.07, 6.45) is 1.28. The van der Waals surface area contributed by atoms with Gasteiger partial charge in [0.2, 0.25) is 12.6 Å². The molecule has 11 heteroatoms. The molecule has 3 aromatic rings. The molecule has 0 amide bonds. The predicted octanol–water partition coefficient (Wildman–Crippen LogP) is 3.24. The summed E-state index contributed by atoms with van der Waals surface area (Å²) in [6.45, 7) is 3.60. The first-order valence-corrected chi connectivity index (χ1v) is 10.8. The van der Waals surface area contributed by atoms with Gasteiger partial charge in [-0.2, -0.15) is 4.98 Å². The van der Waals surface area contributed by atoms with E-state index in [4.69, 9.17) is 18.9 Å². The van der Waals surface area contributed by atoms with Crippen LogP contribution in [0.1, 0.15) is 5.56 Å². The SMILES string of the molecule is COc1ccccc1Oc1ncnc(N2CCN(Cc3ccc4c(c3)OCO4)CC2)c1[N+](=O)[O-]. The van der Waals surface area contributed by atoms with E-state index in [0.717, 1.165) is 36.7 Å². The summed E-state index contributed by atoms with van der Waals surface area (Å²) in [5.41, 5.74) is 0.857. The quantitative estimate of drug-likeness (QED) is 0.381. The van der Waals surface area contributed by atoms with Gasteiger partial charge < -0.3 is 23.8 Å². The summed E-state index contributed by atoms with van der Waals surface area (Å²) < 4.78 is 21.9. The third-order valence-electron chi connectivity index (χ3n) is 5.74. The second kappa shape index (κ2) is 9.40. The summed E-state index contributed by atoms with van der Waals surface area (Å²) in [6, 6.07) is 12.9. The van der Waals surface area contributed by atoms with Crippen LogP contribution in [0.2, 0.25) is 0 Å². The van der Waals surface area contributed by atoms with Crippen LogP contribution < -0.4 is 23.8 Å². The number of fused-ring (bicyclic) bond motifs is 1. The van der Waals surface area contributed by atoms with Crippen molar-refractivity contribution in [3.8, 4) is 28.9 Å². The van der Waals surface area contributed by atoms with Gasteiger partial charge in [0, 0.05) is 32.7 Å². The Kier molecular flexibility index (Phi) is 6.00. The van der Waals surface area contributed by atoms with Gasteiger partial charge in [0.15, 0.2) is 23.0 Å². The zero-order valence-electron chi connectivity index (χ0n) is 18.5. The minimum Gasteiger partial charge on any atom is -0.493 e. The number of anilines is 1. The molecule has 1 aromatic heterocycles. The smallest absolute Gasteiger partial charge is 0.373 e. The molecule has 34 heavy (non-hydrogen) atoms. The van der Waals surface area contributed by atoms with E-state index < -0.39 is 4.92 Å². The number of nitro groups is 1. The van der Waals surface area contributed by atoms with Crippen molar-refractivity contribution >= 4 is 11.5 Å². The molecular formula is C23H23N5O6. The highest BCUT2D eigenvalue weighted by Gasteiger charge is 2.31. The number of para-hydroxylation sites is 2. The van der Waals surface area contributed by atoms with Crippen LogP contribution in [-0.4, -0.2) is 59.9 Å². The largest absolute Gasteiger partial charge is 0.493 e. The third kappa shape index (κ3) is 4.37. The minimum atomic E-state index is -0.501. The topological polar surface area (TPSA) is 112 Å². The van der Waals surface area contributed by atoms with Crippen molar-refractivity contribution in [2.75, 3.05) is 45.0 Å². The fraction of sp³-hybridized carbons (Fsp3) is 0.304. The lowest BCUT2D eigenvalue weighted by atomic mass is 10.1. The summed E-state index contributed by atoms with van der Waals surface area (Å²) >= 11 is 0. The Balaban J connectivity index is 1.30. The third-order valence-corrected chi connectivity index (χ3v) is 5.74. The number of benzene rings is 2. The van der Waals surface area contributed by atoms with Gasteiger partial charge >= 0.3 is 11.6 Å². The highest BCUT2D eigenvalue weighted by Crippen LogP contribution is 2.39. The zero-order chi connectivity index (χ0) is 23.5. The molecule has 2 aliphatic rings. The lowest BCUT2D eigenvalue weighted by Crippen LogP contribution is -2.46. The Bertz CT molecular complexity index is 1200. The van der Waals surface area contributed by atoms with E-state index >= 15 is 0 Å². The van der Waals surface area contributed by atoms with Crippen molar-refractivity contribution in [1.82, 2.24) is 14.9 Å². The maximum Gasteiger partial charge on any atom is 0.373 e. The Labute approximate surface area is 195 Å². The summed E-state index contributed by atoms with van der Waals surface area (Å²) in [4.78, 5) is 23.9. The lowest BCUT2D eigenvalue weighted by Gasteiger charge is -2.35. The van der Waals surface area contributed by atoms with Crippen LogP contribution >= 0.6 is 0 Å². The van der Waals surface area contributed by atoms with Crippen molar-refractivity contribution in [1.29, 1.82) is 0 Å². The first-order chi connectivity index (χ1) is 16.6. The van der Waals surface area contributed by atoms with Crippen LogP contribution in [0.3, 0.4) is 0 Å². The lowest BCUT2D eigenvalue weighted by molar-refractivity contribution is -0.385. The average molecular weight is 465 g/mol. The Morgan fingerprint density at radius 1 is 1.03 bits per heavy atom. The number of aromatic nitrogens is 2. The molecule has 0 unspecified atom stereocenters. The van der Waals surface area contributed by atoms with Crippen molar-refractivity contribution in [3.63, 3.8) is 0 Å². The standard InChI is InChI=1S/C23H23N5O6/c1-31-17-4-2-3-5-19(17)34-23-21(28(29)30)22(24-14-25-23)27-10-8-26(9-11-27)13-16-6-7-18-20(12-16)33-15-32-18/h2-7,12,14H,8-11,13,15H2,1H3. The maximum atomic E-state index is 12.0. The van der Waals surface area contributed by atoms with Gasteiger partial charge in [-0.3, -0.25) is 15.0 Å². The zero-order valence-corrected chi connectivity index (χ0v) is 18.5. The Morgan fingerprint density at radius 2 is 1.79 bits per heavy atom. The van der Waals surface area contributed by atoms with Gasteiger partial charge in [-0.25, -0.2) is 4.98 Å². The maximum absolute atomic E-state index is 12.0. The highest BCUT2D eigenvalue weighted by molar-refractivity contribution is 5.64. The molecule has 0 spiro atoms. The van der Waals surface area contributed by atoms with Gasteiger partial charge in [0.25, 0.3) is 0 Å². The van der Waals surface area contributed by atoms with Gasteiger partial charge in [-0.1, -0.05) is 18.2 Å². The Morgan fingerprint density at radius 3 is 2.56 bits per heavy atom. The summed E-state index contributed by atoms with van der Waals surface area (Å²) in [5.74, 6) is 2.43. The fourth-order valence-corrected chi connectivity index (χ4v) is 4.04. The van der Waals surface area contributed by atoms with E-state index in [1.807, 2.05) is 23.1 Å². The summed E-state index contributed by atoms with van der Waals surface area (Å²) in [5, 5.41) is 12.0. The number of nitrogens with zero attached hydrogens (tertiary/aromatic N) is 5. The summed E-state index contributed by atoms with van der Waals surface area (Å²) in [7, 11) is 1.51. The van der Waals surface area contributed by atoms with Gasteiger partial charge in [0.05, 0.1) is 12.0 Å². The first-order valence-electron chi connectivity index (χ1n) is 10.8. The average Bonchev–Trinajstić information content (AvgIpc) is 3.32. The molecule has 1 fully saturated rings. The van der Waals surface area contributed by atoms with Gasteiger partial charge in [-0.15, -0.1) is 0 Å². The number of piperazine rings is 1. The van der Waals surface area contributed by atoms with Crippen LogP contribution in [0.4, 0.5) is 11.5 Å². The van der Waals surface area contributed by atoms with Crippen molar-refractivity contribution in [3.05, 3.63) is 64.5 Å². The van der Waals surface area contributed by atoms with Crippen molar-refractivity contribution in [2.24, 2.45) is 0 Å². The monoisotopic (exact) mass is 465 g/mol. The van der Waals surface area contributed by atoms with Gasteiger partial charge in [-0.05, 0) is 29.8 Å². The number of methoxy groups -OCH3 is 1. The number of ether oxygens (including phenoxy) is 4. The first kappa shape index (κ1) is 21.7. The van der Waals surface area contributed by atoms with Crippen LogP contribution in [0, 0.1) is 10.1 Å². The molecule has 2 aromatic carbocycles. The number of hydrogen-bond acceptors (Lipinski definition) is 10. The van der Waals surface area contributed by atoms with E-state index in [-0.39, 0.29) is 24.2 Å². The molecule has 3 heterocycles. The van der Waals surface area contributed by atoms with E-state index in [9.17, 15) is 10.1 Å². The molecule has 11 nitrogen and oxygen atoms in total. The van der Waals surface area contributed by atoms with Gasteiger partial charge in [0.1, 0.15) is 6.33 Å². The molecule has 0 aliphatic carbocycles. The van der Waals surface area contributed by atoms with Crippen LogP contribution in [-0.2, 0) is 6.54 Å². The minimum absolute atomic E-state index is 0.123. The molecule has 2 aliphatic heterocycles. The molecular weight excluding hydrogens is 442 g/mol. The van der Waals surface area contributed by atoms with E-state index in [2.05, 4.69) is 14.9 Å². The predicted molar refractivity (Wildman–Crippen MR) is 122 cm³/mol. The van der Waals surface area contributed by atoms with E-state index in [1.54, 1.807) is 24.3 Å². The molecule has 1 saturated heterocycles. The molecule has 0 bridgehead atoms. The molecule has 0 N–H and O–H groups in total. The van der Waals surface area contributed by atoms with Crippen LogP contribution in [0.25, 0.3) is 0 Å². The van der Waals surface area contributed by atoms with Crippen molar-refractivity contribution < 1.29 is 23.9 Å². The number of hydrogen-bond donors (Lipinski definition) is 0. The Hall–Kier alpha value is -4.12. The van der Waals surface area contributed by atoms with E-state index in [1.165, 1.54) is 13.4 Å². The molecule has 5 rings (SSSR count). The normalized spacial score (nSPS) is 15.3. The molecule has 0 saturated carbocycles. The van der Waals surface area contributed by atoms with E-state index in [0.29, 0.717) is 24.6 Å². The second-order valence-corrected chi connectivity index (χ2v) is 7.81. The second-order valence-electron chi connectivity index (χ2n) is 7.81. The van der Waals surface area contributed by atoms with Crippen LogP contribution in [0.15, 0.2) is 48.8 Å². The molecule has 0 radical (unpaired) electrons. The number of rotatable bonds is 7. The molecule has 0 atom stereocenters. The highest BCUT2D eigenvalue weighted by atomic mass is 16.7.